The molecule has 0 aliphatic carbocycles. The first-order valence-electron chi connectivity index (χ1n) is 6.31. The maximum Gasteiger partial charge on any atom is 0.177 e. The van der Waals surface area contributed by atoms with Crippen molar-refractivity contribution in [2.75, 3.05) is 0 Å². The van der Waals surface area contributed by atoms with E-state index in [1.807, 2.05) is 12.3 Å². The molecule has 0 amide bonds. The van der Waals surface area contributed by atoms with Crippen molar-refractivity contribution in [2.45, 2.75) is 39.2 Å². The van der Waals surface area contributed by atoms with Gasteiger partial charge in [0.05, 0.1) is 0 Å². The van der Waals surface area contributed by atoms with Crippen LogP contribution in [0.2, 0.25) is 0 Å². The zero-order chi connectivity index (χ0) is 13.2. The number of nitrogens with one attached hydrogen (secondary N) is 1. The van der Waals surface area contributed by atoms with Gasteiger partial charge in [0.2, 0.25) is 0 Å². The third-order valence-electron chi connectivity index (χ3n) is 3.10. The molecule has 0 atom stereocenters. The molecule has 18 heavy (non-hydrogen) atoms. The molecular formula is C15H20N2S. The van der Waals surface area contributed by atoms with Crippen LogP contribution < -0.4 is 0 Å². The average Bonchev–Trinajstić information content (AvgIpc) is 2.69. The van der Waals surface area contributed by atoms with E-state index in [2.05, 4.69) is 54.6 Å². The fraction of sp³-hybridized carbons (Fsp3) is 0.400. The standard InChI is InChI=1S/C15H20N2S/c1-15(2,3)13-11-16-14(18)17(13)10-9-12-7-5-4-6-8-12/h4-8,11H,9-10H2,1-3H3,(H,16,18). The first-order chi connectivity index (χ1) is 8.48. The summed E-state index contributed by atoms with van der Waals surface area (Å²) < 4.78 is 3.03. The molecule has 2 nitrogen and oxygen atoms in total. The summed E-state index contributed by atoms with van der Waals surface area (Å²) in [4.78, 5) is 3.16. The molecule has 0 saturated heterocycles. The number of aromatic nitrogens is 2. The molecule has 3 heteroatoms. The fourth-order valence-electron chi connectivity index (χ4n) is 2.12. The van der Waals surface area contributed by atoms with E-state index in [4.69, 9.17) is 12.2 Å². The molecule has 0 bridgehead atoms. The summed E-state index contributed by atoms with van der Waals surface area (Å²) in [6, 6.07) is 10.5. The van der Waals surface area contributed by atoms with Gasteiger partial charge in [-0.15, -0.1) is 0 Å². The Morgan fingerprint density at radius 2 is 1.83 bits per heavy atom. The number of nitrogens with zero attached hydrogens (tertiary/aromatic N) is 1. The molecule has 0 aliphatic rings. The molecule has 1 heterocycles. The molecule has 0 saturated carbocycles. The molecule has 0 unspecified atom stereocenters. The Kier molecular flexibility index (Phi) is 3.71. The third kappa shape index (κ3) is 2.91. The van der Waals surface area contributed by atoms with E-state index in [0.29, 0.717) is 0 Å². The Morgan fingerprint density at radius 3 is 2.44 bits per heavy atom. The molecule has 1 aromatic carbocycles. The minimum atomic E-state index is 0.115. The fourth-order valence-corrected chi connectivity index (χ4v) is 2.37. The van der Waals surface area contributed by atoms with Crippen molar-refractivity contribution in [1.29, 1.82) is 0 Å². The van der Waals surface area contributed by atoms with Gasteiger partial charge >= 0.3 is 0 Å². The highest BCUT2D eigenvalue weighted by atomic mass is 32.1. The van der Waals surface area contributed by atoms with Gasteiger partial charge in [0.15, 0.2) is 4.77 Å². The summed E-state index contributed by atoms with van der Waals surface area (Å²) in [5.74, 6) is 0. The minimum absolute atomic E-state index is 0.115. The number of aromatic amines is 1. The second kappa shape index (κ2) is 5.11. The van der Waals surface area contributed by atoms with Crippen molar-refractivity contribution in [3.05, 3.63) is 52.6 Å². The van der Waals surface area contributed by atoms with Crippen LogP contribution in [0.25, 0.3) is 0 Å². The van der Waals surface area contributed by atoms with Crippen molar-refractivity contribution in [3.8, 4) is 0 Å². The Hall–Kier alpha value is -1.35. The smallest absolute Gasteiger partial charge is 0.177 e. The van der Waals surface area contributed by atoms with E-state index in [-0.39, 0.29) is 5.41 Å². The van der Waals surface area contributed by atoms with Crippen LogP contribution in [0.15, 0.2) is 36.5 Å². The molecule has 0 aliphatic heterocycles. The van der Waals surface area contributed by atoms with Crippen molar-refractivity contribution in [2.24, 2.45) is 0 Å². The lowest BCUT2D eigenvalue weighted by Crippen LogP contribution is -2.18. The van der Waals surface area contributed by atoms with Crippen molar-refractivity contribution in [1.82, 2.24) is 9.55 Å². The van der Waals surface area contributed by atoms with Gasteiger partial charge in [-0.25, -0.2) is 0 Å². The van der Waals surface area contributed by atoms with Gasteiger partial charge in [-0.3, -0.25) is 0 Å². The molecule has 0 radical (unpaired) electrons. The largest absolute Gasteiger partial charge is 0.337 e. The monoisotopic (exact) mass is 260 g/mol. The molecule has 1 N–H and O–H groups in total. The SMILES string of the molecule is CC(C)(C)c1c[nH]c(=S)n1CCc1ccccc1. The molecule has 2 aromatic rings. The van der Waals surface area contributed by atoms with Crippen LogP contribution in [-0.4, -0.2) is 9.55 Å². The average molecular weight is 260 g/mol. The molecule has 1 aromatic heterocycles. The lowest BCUT2D eigenvalue weighted by atomic mass is 9.92. The van der Waals surface area contributed by atoms with Gasteiger partial charge in [-0.05, 0) is 24.2 Å². The van der Waals surface area contributed by atoms with Crippen LogP contribution in [0.3, 0.4) is 0 Å². The van der Waals surface area contributed by atoms with Gasteiger partial charge < -0.3 is 9.55 Å². The van der Waals surface area contributed by atoms with Gasteiger partial charge in [0.1, 0.15) is 0 Å². The topological polar surface area (TPSA) is 20.7 Å². The maximum absolute atomic E-state index is 5.36. The third-order valence-corrected chi connectivity index (χ3v) is 3.44. The summed E-state index contributed by atoms with van der Waals surface area (Å²) in [6.07, 6.45) is 3.05. The van der Waals surface area contributed by atoms with Crippen molar-refractivity contribution < 1.29 is 0 Å². The van der Waals surface area contributed by atoms with Gasteiger partial charge in [0, 0.05) is 23.9 Å². The van der Waals surface area contributed by atoms with Crippen LogP contribution in [0.4, 0.5) is 0 Å². The predicted molar refractivity (Wildman–Crippen MR) is 78.5 cm³/mol. The van der Waals surface area contributed by atoms with Crippen LogP contribution in [-0.2, 0) is 18.4 Å². The Labute approximate surface area is 114 Å². The molecular weight excluding hydrogens is 240 g/mol. The van der Waals surface area contributed by atoms with E-state index in [1.54, 1.807) is 0 Å². The van der Waals surface area contributed by atoms with Crippen LogP contribution in [0, 0.1) is 4.77 Å². The second-order valence-corrected chi connectivity index (χ2v) is 6.00. The zero-order valence-corrected chi connectivity index (χ0v) is 12.1. The summed E-state index contributed by atoms with van der Waals surface area (Å²) in [5.41, 5.74) is 2.73. The summed E-state index contributed by atoms with van der Waals surface area (Å²) in [6.45, 7) is 7.57. The van der Waals surface area contributed by atoms with Crippen LogP contribution in [0.1, 0.15) is 32.0 Å². The first-order valence-corrected chi connectivity index (χ1v) is 6.72. The number of hydrogen-bond acceptors (Lipinski definition) is 1. The number of imidazole rings is 1. The summed E-state index contributed by atoms with van der Waals surface area (Å²) in [5, 5.41) is 0. The first kappa shape index (κ1) is 13.1. The van der Waals surface area contributed by atoms with Crippen LogP contribution in [0.5, 0.6) is 0 Å². The summed E-state index contributed by atoms with van der Waals surface area (Å²) >= 11 is 5.36. The maximum atomic E-state index is 5.36. The number of rotatable bonds is 3. The summed E-state index contributed by atoms with van der Waals surface area (Å²) in [7, 11) is 0. The molecule has 0 fully saturated rings. The van der Waals surface area contributed by atoms with Gasteiger partial charge in [-0.1, -0.05) is 51.1 Å². The van der Waals surface area contributed by atoms with Gasteiger partial charge in [0.25, 0.3) is 0 Å². The van der Waals surface area contributed by atoms with E-state index in [0.717, 1.165) is 17.7 Å². The lowest BCUT2D eigenvalue weighted by Gasteiger charge is -2.20. The van der Waals surface area contributed by atoms with E-state index in [9.17, 15) is 0 Å². The van der Waals surface area contributed by atoms with Crippen molar-refractivity contribution >= 4 is 12.2 Å². The Morgan fingerprint density at radius 1 is 1.17 bits per heavy atom. The molecule has 96 valence electrons. The van der Waals surface area contributed by atoms with Gasteiger partial charge in [-0.2, -0.15) is 0 Å². The normalized spacial score (nSPS) is 11.7. The number of aryl methyl sites for hydroxylation is 1. The number of benzene rings is 1. The molecule has 0 spiro atoms. The quantitative estimate of drug-likeness (QED) is 0.824. The van der Waals surface area contributed by atoms with E-state index >= 15 is 0 Å². The van der Waals surface area contributed by atoms with Crippen LogP contribution >= 0.6 is 12.2 Å². The second-order valence-electron chi connectivity index (χ2n) is 5.62. The molecule has 2 rings (SSSR count). The number of H-pyrrole nitrogens is 1. The minimum Gasteiger partial charge on any atom is -0.337 e. The lowest BCUT2D eigenvalue weighted by molar-refractivity contribution is 0.514. The highest BCUT2D eigenvalue weighted by molar-refractivity contribution is 7.71. The van der Waals surface area contributed by atoms with E-state index < -0.39 is 0 Å². The highest BCUT2D eigenvalue weighted by Gasteiger charge is 2.18. The van der Waals surface area contributed by atoms with Crippen molar-refractivity contribution in [3.63, 3.8) is 0 Å². The Balaban J connectivity index is 2.20. The zero-order valence-electron chi connectivity index (χ0n) is 11.2. The highest BCUT2D eigenvalue weighted by Crippen LogP contribution is 2.22. The Bertz CT molecular complexity index is 558. The number of hydrogen-bond donors (Lipinski definition) is 1. The van der Waals surface area contributed by atoms with E-state index in [1.165, 1.54) is 11.3 Å². The predicted octanol–water partition coefficient (Wildman–Crippen LogP) is 4.09.